The number of rotatable bonds is 4. The minimum Gasteiger partial charge on any atom is -0.466 e. The first-order valence-electron chi connectivity index (χ1n) is 8.26. The standard InChI is InChI=1S/C19H23NO7/c1-19(2,3)27-16(21)12-7-6-8-13(9-12)20-11-26-10-14(17(22)24-4)15(20)18(23)25-5/h6-9H,10-11H2,1-5H3. The van der Waals surface area contributed by atoms with E-state index in [2.05, 4.69) is 0 Å². The van der Waals surface area contributed by atoms with Crippen LogP contribution in [0.2, 0.25) is 0 Å². The van der Waals surface area contributed by atoms with Gasteiger partial charge < -0.3 is 23.8 Å². The van der Waals surface area contributed by atoms with Crippen LogP contribution in [0.25, 0.3) is 0 Å². The molecule has 146 valence electrons. The van der Waals surface area contributed by atoms with Gasteiger partial charge in [0, 0.05) is 5.69 Å². The second kappa shape index (κ2) is 8.22. The number of hydrogen-bond acceptors (Lipinski definition) is 8. The maximum absolute atomic E-state index is 12.3. The van der Waals surface area contributed by atoms with E-state index in [1.807, 2.05) is 0 Å². The van der Waals surface area contributed by atoms with Crippen LogP contribution in [0.5, 0.6) is 0 Å². The Hall–Kier alpha value is -2.87. The molecule has 8 heteroatoms. The predicted molar refractivity (Wildman–Crippen MR) is 96.0 cm³/mol. The van der Waals surface area contributed by atoms with Crippen LogP contribution in [0.15, 0.2) is 35.5 Å². The van der Waals surface area contributed by atoms with Crippen molar-refractivity contribution in [3.05, 3.63) is 41.1 Å². The number of carbonyl (C=O) groups is 3. The summed E-state index contributed by atoms with van der Waals surface area (Å²) in [6.45, 7) is 5.23. The Morgan fingerprint density at radius 2 is 1.70 bits per heavy atom. The highest BCUT2D eigenvalue weighted by Crippen LogP contribution is 2.28. The average Bonchev–Trinajstić information content (AvgIpc) is 2.64. The molecule has 0 aliphatic carbocycles. The summed E-state index contributed by atoms with van der Waals surface area (Å²) in [6, 6.07) is 6.49. The summed E-state index contributed by atoms with van der Waals surface area (Å²) in [7, 11) is 2.43. The lowest BCUT2D eigenvalue weighted by Gasteiger charge is -2.31. The number of ether oxygens (including phenoxy) is 4. The molecule has 1 heterocycles. The third-order valence-electron chi connectivity index (χ3n) is 3.63. The summed E-state index contributed by atoms with van der Waals surface area (Å²) in [5, 5.41) is 0. The Bertz CT molecular complexity index is 777. The largest absolute Gasteiger partial charge is 0.466 e. The molecular formula is C19H23NO7. The summed E-state index contributed by atoms with van der Waals surface area (Å²) < 4.78 is 20.3. The predicted octanol–water partition coefficient (Wildman–Crippen LogP) is 2.04. The van der Waals surface area contributed by atoms with E-state index in [1.54, 1.807) is 45.0 Å². The highest BCUT2D eigenvalue weighted by molar-refractivity contribution is 6.03. The molecule has 2 rings (SSSR count). The van der Waals surface area contributed by atoms with Gasteiger partial charge in [0.05, 0.1) is 32.0 Å². The fourth-order valence-corrected chi connectivity index (χ4v) is 2.49. The first-order chi connectivity index (χ1) is 12.7. The smallest absolute Gasteiger partial charge is 0.355 e. The van der Waals surface area contributed by atoms with E-state index in [1.165, 1.54) is 19.1 Å². The van der Waals surface area contributed by atoms with Crippen LogP contribution >= 0.6 is 0 Å². The molecule has 0 spiro atoms. The van der Waals surface area contributed by atoms with E-state index in [9.17, 15) is 14.4 Å². The van der Waals surface area contributed by atoms with Crippen LogP contribution in [-0.4, -0.2) is 51.1 Å². The molecule has 0 saturated carbocycles. The topological polar surface area (TPSA) is 91.4 Å². The minimum absolute atomic E-state index is 0.00268. The highest BCUT2D eigenvalue weighted by atomic mass is 16.6. The molecule has 0 saturated heterocycles. The first kappa shape index (κ1) is 20.4. The zero-order valence-corrected chi connectivity index (χ0v) is 16.0. The summed E-state index contributed by atoms with van der Waals surface area (Å²) in [5.74, 6) is -1.90. The summed E-state index contributed by atoms with van der Waals surface area (Å²) in [5.41, 5.74) is 0.183. The second-order valence-electron chi connectivity index (χ2n) is 6.77. The van der Waals surface area contributed by atoms with Crippen molar-refractivity contribution in [2.45, 2.75) is 26.4 Å². The molecule has 0 radical (unpaired) electrons. The van der Waals surface area contributed by atoms with Crippen molar-refractivity contribution in [2.75, 3.05) is 32.5 Å². The summed E-state index contributed by atoms with van der Waals surface area (Å²) >= 11 is 0. The molecule has 0 aromatic heterocycles. The van der Waals surface area contributed by atoms with Crippen LogP contribution in [-0.2, 0) is 28.5 Å². The normalized spacial score (nSPS) is 14.6. The molecule has 1 aliphatic heterocycles. The number of benzene rings is 1. The van der Waals surface area contributed by atoms with Gasteiger partial charge in [-0.15, -0.1) is 0 Å². The van der Waals surface area contributed by atoms with Crippen molar-refractivity contribution < 1.29 is 33.3 Å². The van der Waals surface area contributed by atoms with Gasteiger partial charge in [0.2, 0.25) is 0 Å². The molecule has 1 aliphatic rings. The molecule has 0 atom stereocenters. The molecule has 27 heavy (non-hydrogen) atoms. The van der Waals surface area contributed by atoms with Crippen molar-refractivity contribution >= 4 is 23.6 Å². The Morgan fingerprint density at radius 1 is 1.04 bits per heavy atom. The molecule has 0 unspecified atom stereocenters. The summed E-state index contributed by atoms with van der Waals surface area (Å²) in [6.07, 6.45) is 0. The zero-order chi connectivity index (χ0) is 20.2. The number of hydrogen-bond donors (Lipinski definition) is 0. The fraction of sp³-hybridized carbons (Fsp3) is 0.421. The lowest BCUT2D eigenvalue weighted by molar-refractivity contribution is -0.140. The molecule has 1 aromatic carbocycles. The van der Waals surface area contributed by atoms with Crippen molar-refractivity contribution in [1.82, 2.24) is 0 Å². The van der Waals surface area contributed by atoms with E-state index >= 15 is 0 Å². The Kier molecular flexibility index (Phi) is 6.22. The van der Waals surface area contributed by atoms with E-state index in [-0.39, 0.29) is 24.6 Å². The lowest BCUT2D eigenvalue weighted by Crippen LogP contribution is -2.38. The van der Waals surface area contributed by atoms with Crippen molar-refractivity contribution in [3.63, 3.8) is 0 Å². The molecule has 0 fully saturated rings. The van der Waals surface area contributed by atoms with Gasteiger partial charge in [-0.3, -0.25) is 0 Å². The van der Waals surface area contributed by atoms with Gasteiger partial charge in [-0.2, -0.15) is 0 Å². The van der Waals surface area contributed by atoms with E-state index in [4.69, 9.17) is 18.9 Å². The van der Waals surface area contributed by atoms with Crippen LogP contribution in [0.1, 0.15) is 31.1 Å². The Labute approximate surface area is 157 Å². The van der Waals surface area contributed by atoms with Crippen LogP contribution in [0.3, 0.4) is 0 Å². The van der Waals surface area contributed by atoms with Crippen molar-refractivity contribution in [2.24, 2.45) is 0 Å². The first-order valence-corrected chi connectivity index (χ1v) is 8.26. The Morgan fingerprint density at radius 3 is 2.30 bits per heavy atom. The van der Waals surface area contributed by atoms with Gasteiger partial charge in [0.25, 0.3) is 0 Å². The van der Waals surface area contributed by atoms with Crippen LogP contribution in [0.4, 0.5) is 5.69 Å². The van der Waals surface area contributed by atoms with E-state index in [0.29, 0.717) is 11.3 Å². The van der Waals surface area contributed by atoms with E-state index in [0.717, 1.165) is 0 Å². The lowest BCUT2D eigenvalue weighted by atomic mass is 10.1. The van der Waals surface area contributed by atoms with Gasteiger partial charge in [0.1, 0.15) is 18.0 Å². The minimum atomic E-state index is -0.707. The van der Waals surface area contributed by atoms with Gasteiger partial charge in [-0.1, -0.05) is 6.07 Å². The number of nitrogens with zero attached hydrogens (tertiary/aromatic N) is 1. The maximum Gasteiger partial charge on any atom is 0.355 e. The third kappa shape index (κ3) is 4.85. The number of esters is 3. The maximum atomic E-state index is 12.3. The molecule has 0 amide bonds. The zero-order valence-electron chi connectivity index (χ0n) is 16.0. The van der Waals surface area contributed by atoms with E-state index < -0.39 is 23.5 Å². The second-order valence-corrected chi connectivity index (χ2v) is 6.77. The van der Waals surface area contributed by atoms with Crippen LogP contribution in [0, 0.1) is 0 Å². The molecular weight excluding hydrogens is 354 g/mol. The monoisotopic (exact) mass is 377 g/mol. The Balaban J connectivity index is 2.46. The van der Waals surface area contributed by atoms with Crippen molar-refractivity contribution in [3.8, 4) is 0 Å². The highest BCUT2D eigenvalue weighted by Gasteiger charge is 2.32. The van der Waals surface area contributed by atoms with Gasteiger partial charge in [-0.05, 0) is 39.0 Å². The summed E-state index contributed by atoms with van der Waals surface area (Å²) in [4.78, 5) is 38.1. The number of carbonyl (C=O) groups excluding carboxylic acids is 3. The van der Waals surface area contributed by atoms with Gasteiger partial charge in [-0.25, -0.2) is 14.4 Å². The van der Waals surface area contributed by atoms with Crippen molar-refractivity contribution in [1.29, 1.82) is 0 Å². The number of methoxy groups -OCH3 is 2. The number of anilines is 1. The fourth-order valence-electron chi connectivity index (χ4n) is 2.49. The third-order valence-corrected chi connectivity index (χ3v) is 3.63. The molecule has 8 nitrogen and oxygen atoms in total. The van der Waals surface area contributed by atoms with Gasteiger partial charge in [0.15, 0.2) is 0 Å². The van der Waals surface area contributed by atoms with Gasteiger partial charge >= 0.3 is 17.9 Å². The SMILES string of the molecule is COC(=O)C1=C(C(=O)OC)N(c2cccc(C(=O)OC(C)(C)C)c2)COC1. The quantitative estimate of drug-likeness (QED) is 0.581. The molecule has 0 N–H and O–H groups in total. The molecule has 1 aromatic rings. The average molecular weight is 377 g/mol. The molecule has 0 bridgehead atoms. The van der Waals surface area contributed by atoms with Crippen LogP contribution < -0.4 is 4.90 Å².